The average Bonchev–Trinajstić information content (AvgIpc) is 3.14. The summed E-state index contributed by atoms with van der Waals surface area (Å²) in [5.74, 6) is 0.758. The first-order valence-corrected chi connectivity index (χ1v) is 9.42. The lowest BCUT2D eigenvalue weighted by Gasteiger charge is -2.30. The van der Waals surface area contributed by atoms with E-state index in [1.165, 1.54) is 22.3 Å². The smallest absolute Gasteiger partial charge is 0.144 e. The number of hydrogen-bond donors (Lipinski definition) is 1. The molecule has 7 heteroatoms. The zero-order valence-electron chi connectivity index (χ0n) is 15.7. The Balaban J connectivity index is 1.37. The highest BCUT2D eigenvalue weighted by Gasteiger charge is 2.20. The number of anilines is 2. The normalized spacial score (nSPS) is 13.5. The maximum absolute atomic E-state index is 4.74. The van der Waals surface area contributed by atoms with Crippen LogP contribution in [-0.2, 0) is 19.6 Å². The van der Waals surface area contributed by atoms with E-state index in [0.29, 0.717) is 6.54 Å². The van der Waals surface area contributed by atoms with Gasteiger partial charge in [0.1, 0.15) is 5.82 Å². The molecule has 28 heavy (non-hydrogen) atoms. The van der Waals surface area contributed by atoms with Gasteiger partial charge in [0.25, 0.3) is 0 Å². The van der Waals surface area contributed by atoms with Gasteiger partial charge in [-0.3, -0.25) is 14.6 Å². The summed E-state index contributed by atoms with van der Waals surface area (Å²) in [6.07, 6.45) is 6.96. The van der Waals surface area contributed by atoms with Crippen LogP contribution >= 0.6 is 0 Å². The monoisotopic (exact) mass is 371 g/mol. The van der Waals surface area contributed by atoms with Gasteiger partial charge in [-0.05, 0) is 31.2 Å². The second-order valence-corrected chi connectivity index (χ2v) is 7.07. The lowest BCUT2D eigenvalue weighted by Crippen LogP contribution is -2.33. The predicted molar refractivity (Wildman–Crippen MR) is 109 cm³/mol. The van der Waals surface area contributed by atoms with Gasteiger partial charge in [-0.25, -0.2) is 4.98 Å². The molecule has 0 amide bonds. The number of aromatic nitrogens is 5. The van der Waals surface area contributed by atoms with Crippen molar-refractivity contribution in [3.63, 3.8) is 0 Å². The van der Waals surface area contributed by atoms with Crippen molar-refractivity contribution < 1.29 is 0 Å². The van der Waals surface area contributed by atoms with E-state index in [1.54, 1.807) is 18.6 Å². The first-order valence-electron chi connectivity index (χ1n) is 9.42. The van der Waals surface area contributed by atoms with Gasteiger partial charge in [0.15, 0.2) is 0 Å². The number of benzene rings is 1. The molecule has 0 aliphatic carbocycles. The molecule has 0 bridgehead atoms. The summed E-state index contributed by atoms with van der Waals surface area (Å²) in [6.45, 7) is 5.40. The molecule has 4 aromatic rings. The van der Waals surface area contributed by atoms with Crippen molar-refractivity contribution in [2.24, 2.45) is 0 Å². The molecule has 0 fully saturated rings. The molecule has 1 N–H and O–H groups in total. The third-order valence-electron chi connectivity index (χ3n) is 5.08. The van der Waals surface area contributed by atoms with E-state index in [1.807, 2.05) is 6.20 Å². The quantitative estimate of drug-likeness (QED) is 0.594. The van der Waals surface area contributed by atoms with Crippen LogP contribution in [-0.4, -0.2) is 31.3 Å². The topological polar surface area (TPSA) is 71.8 Å². The highest BCUT2D eigenvalue weighted by Crippen LogP contribution is 2.29. The summed E-state index contributed by atoms with van der Waals surface area (Å²) in [6, 6.07) is 10.7. The summed E-state index contributed by atoms with van der Waals surface area (Å²) in [7, 11) is 0. The van der Waals surface area contributed by atoms with E-state index in [-0.39, 0.29) is 0 Å². The molecule has 4 heterocycles. The molecule has 5 rings (SSSR count). The number of rotatable bonds is 4. The van der Waals surface area contributed by atoms with Gasteiger partial charge in [-0.2, -0.15) is 5.10 Å². The molecule has 7 nitrogen and oxygen atoms in total. The number of aryl methyl sites for hydroxylation is 1. The van der Waals surface area contributed by atoms with Crippen molar-refractivity contribution in [3.8, 4) is 0 Å². The fourth-order valence-corrected chi connectivity index (χ4v) is 3.71. The maximum atomic E-state index is 4.74. The minimum Gasteiger partial charge on any atom is -0.363 e. The van der Waals surface area contributed by atoms with E-state index < -0.39 is 0 Å². The standard InChI is InChI=1S/C21H21N7/c1-15-2-3-19-18(10-15)20(4-5-23-19)27-8-9-28-17(14-27)11-16(26-28)12-25-21-13-22-6-7-24-21/h2-7,10-11,13H,8-9,12,14H2,1H3,(H,24,25). The molecule has 1 aliphatic heterocycles. The van der Waals surface area contributed by atoms with Crippen LogP contribution in [0.2, 0.25) is 0 Å². The molecule has 0 atom stereocenters. The van der Waals surface area contributed by atoms with E-state index in [2.05, 4.69) is 67.1 Å². The highest BCUT2D eigenvalue weighted by molar-refractivity contribution is 5.92. The third kappa shape index (κ3) is 3.15. The van der Waals surface area contributed by atoms with Crippen LogP contribution < -0.4 is 10.2 Å². The van der Waals surface area contributed by atoms with Gasteiger partial charge in [-0.15, -0.1) is 0 Å². The average molecular weight is 371 g/mol. The second kappa shape index (κ2) is 6.92. The molecule has 140 valence electrons. The highest BCUT2D eigenvalue weighted by atomic mass is 15.3. The van der Waals surface area contributed by atoms with Gasteiger partial charge >= 0.3 is 0 Å². The van der Waals surface area contributed by atoms with Crippen molar-refractivity contribution in [1.82, 2.24) is 24.7 Å². The Kier molecular flexibility index (Phi) is 4.12. The molecule has 1 aliphatic rings. The van der Waals surface area contributed by atoms with Crippen LogP contribution in [0.25, 0.3) is 10.9 Å². The van der Waals surface area contributed by atoms with Crippen LogP contribution in [0.5, 0.6) is 0 Å². The fraction of sp³-hybridized carbons (Fsp3) is 0.238. The Labute approximate surface area is 163 Å². The number of pyridine rings is 1. The molecule has 1 aromatic carbocycles. The fourth-order valence-electron chi connectivity index (χ4n) is 3.71. The zero-order valence-corrected chi connectivity index (χ0v) is 15.7. The Hall–Kier alpha value is -3.48. The number of fused-ring (bicyclic) bond motifs is 2. The molecule has 0 unspecified atom stereocenters. The zero-order chi connectivity index (χ0) is 18.9. The van der Waals surface area contributed by atoms with Crippen molar-refractivity contribution in [3.05, 3.63) is 72.1 Å². The van der Waals surface area contributed by atoms with Crippen molar-refractivity contribution >= 4 is 22.4 Å². The number of nitrogens with one attached hydrogen (secondary N) is 1. The van der Waals surface area contributed by atoms with E-state index >= 15 is 0 Å². The molecule has 0 spiro atoms. The second-order valence-electron chi connectivity index (χ2n) is 7.07. The summed E-state index contributed by atoms with van der Waals surface area (Å²) in [4.78, 5) is 15.2. The molecule has 0 saturated heterocycles. The van der Waals surface area contributed by atoms with Crippen LogP contribution in [0.4, 0.5) is 11.5 Å². The van der Waals surface area contributed by atoms with Gasteiger partial charge < -0.3 is 10.2 Å². The predicted octanol–water partition coefficient (Wildman–Crippen LogP) is 3.16. The summed E-state index contributed by atoms with van der Waals surface area (Å²) >= 11 is 0. The van der Waals surface area contributed by atoms with Crippen LogP contribution in [0.15, 0.2) is 55.1 Å². The minimum absolute atomic E-state index is 0.635. The SMILES string of the molecule is Cc1ccc2nccc(N3CCn4nc(CNc5cnccn5)cc4C3)c2c1. The Bertz CT molecular complexity index is 1120. The van der Waals surface area contributed by atoms with Crippen LogP contribution in [0.1, 0.15) is 17.0 Å². The van der Waals surface area contributed by atoms with Gasteiger partial charge in [0.2, 0.25) is 0 Å². The van der Waals surface area contributed by atoms with Gasteiger partial charge in [0, 0.05) is 36.2 Å². The van der Waals surface area contributed by atoms with Crippen LogP contribution in [0, 0.1) is 6.92 Å². The number of hydrogen-bond acceptors (Lipinski definition) is 6. The van der Waals surface area contributed by atoms with E-state index in [4.69, 9.17) is 5.10 Å². The number of nitrogens with zero attached hydrogens (tertiary/aromatic N) is 6. The van der Waals surface area contributed by atoms with Crippen molar-refractivity contribution in [2.45, 2.75) is 26.6 Å². The molecule has 0 saturated carbocycles. The molecular weight excluding hydrogens is 350 g/mol. The molecule has 0 radical (unpaired) electrons. The Morgan fingerprint density at radius 2 is 2.00 bits per heavy atom. The van der Waals surface area contributed by atoms with Crippen molar-refractivity contribution in [2.75, 3.05) is 16.8 Å². The molecular formula is C21H21N7. The Morgan fingerprint density at radius 3 is 2.89 bits per heavy atom. The first-order chi connectivity index (χ1) is 13.8. The third-order valence-corrected chi connectivity index (χ3v) is 5.08. The molecule has 3 aromatic heterocycles. The van der Waals surface area contributed by atoms with Gasteiger partial charge in [-0.1, -0.05) is 11.6 Å². The van der Waals surface area contributed by atoms with Crippen molar-refractivity contribution in [1.29, 1.82) is 0 Å². The Morgan fingerprint density at radius 1 is 1.04 bits per heavy atom. The summed E-state index contributed by atoms with van der Waals surface area (Å²) < 4.78 is 2.11. The van der Waals surface area contributed by atoms with E-state index in [0.717, 1.165) is 36.7 Å². The van der Waals surface area contributed by atoms with Crippen LogP contribution in [0.3, 0.4) is 0 Å². The van der Waals surface area contributed by atoms with Gasteiger partial charge in [0.05, 0.1) is 42.7 Å². The maximum Gasteiger partial charge on any atom is 0.144 e. The summed E-state index contributed by atoms with van der Waals surface area (Å²) in [5, 5.41) is 9.22. The largest absolute Gasteiger partial charge is 0.363 e. The first kappa shape index (κ1) is 16.7. The summed E-state index contributed by atoms with van der Waals surface area (Å²) in [5.41, 5.74) is 5.76. The lowest BCUT2D eigenvalue weighted by molar-refractivity contribution is 0.517. The van der Waals surface area contributed by atoms with E-state index in [9.17, 15) is 0 Å². The minimum atomic E-state index is 0.635. The lowest BCUT2D eigenvalue weighted by atomic mass is 10.1.